The first kappa shape index (κ1) is 17.0. The van der Waals surface area contributed by atoms with Gasteiger partial charge < -0.3 is 19.6 Å². The van der Waals surface area contributed by atoms with Crippen LogP contribution in [0.1, 0.15) is 35.0 Å². The molecule has 0 aliphatic carbocycles. The van der Waals surface area contributed by atoms with Crippen molar-refractivity contribution in [3.63, 3.8) is 0 Å². The second-order valence-electron chi connectivity index (χ2n) is 5.21. The Kier molecular flexibility index (Phi) is 4.99. The van der Waals surface area contributed by atoms with Crippen molar-refractivity contribution >= 4 is 17.5 Å². The molecule has 2 N–H and O–H groups in total. The second kappa shape index (κ2) is 7.35. The average molecular weight is 365 g/mol. The minimum atomic E-state index is -0.457. The minimum absolute atomic E-state index is 0.000625. The van der Waals surface area contributed by atoms with Gasteiger partial charge in [0, 0.05) is 18.5 Å². The molecule has 2 aromatic heterocycles. The molecule has 1 atom stereocenters. The summed E-state index contributed by atoms with van der Waals surface area (Å²) < 4.78 is 23.5. The van der Waals surface area contributed by atoms with Crippen LogP contribution in [0.4, 0.5) is 4.39 Å². The fourth-order valence-electron chi connectivity index (χ4n) is 2.08. The number of aromatic nitrogens is 3. The van der Waals surface area contributed by atoms with Crippen LogP contribution in [0.25, 0.3) is 0 Å². The Balaban J connectivity index is 1.59. The molecule has 130 valence electrons. The van der Waals surface area contributed by atoms with Gasteiger partial charge in [-0.25, -0.2) is 9.37 Å². The number of rotatable bonds is 6. The van der Waals surface area contributed by atoms with Crippen molar-refractivity contribution in [2.24, 2.45) is 0 Å². The molecule has 1 unspecified atom stereocenters. The van der Waals surface area contributed by atoms with E-state index in [-0.39, 0.29) is 23.4 Å². The minimum Gasteiger partial charge on any atom is -0.484 e. The third-order valence-electron chi connectivity index (χ3n) is 3.33. The van der Waals surface area contributed by atoms with Crippen LogP contribution in [0.2, 0.25) is 5.02 Å². The number of nitrogens with one attached hydrogen (secondary N) is 2. The molecule has 0 radical (unpaired) electrons. The summed E-state index contributed by atoms with van der Waals surface area (Å²) in [6, 6.07) is 4.94. The van der Waals surface area contributed by atoms with Gasteiger partial charge in [-0.3, -0.25) is 4.79 Å². The smallest absolute Gasteiger partial charge is 0.274 e. The highest BCUT2D eigenvalue weighted by atomic mass is 35.5. The van der Waals surface area contributed by atoms with Crippen LogP contribution in [-0.2, 0) is 6.61 Å². The van der Waals surface area contributed by atoms with Gasteiger partial charge in [0.25, 0.3) is 5.91 Å². The predicted molar refractivity (Wildman–Crippen MR) is 86.7 cm³/mol. The van der Waals surface area contributed by atoms with Gasteiger partial charge in [-0.2, -0.15) is 0 Å². The lowest BCUT2D eigenvalue weighted by atomic mass is 10.3. The number of carbonyl (C=O) groups is 1. The number of benzene rings is 1. The summed E-state index contributed by atoms with van der Waals surface area (Å²) in [7, 11) is 0. The van der Waals surface area contributed by atoms with E-state index in [9.17, 15) is 9.18 Å². The van der Waals surface area contributed by atoms with Crippen molar-refractivity contribution < 1.29 is 18.4 Å². The molecule has 25 heavy (non-hydrogen) atoms. The lowest BCUT2D eigenvalue weighted by Crippen LogP contribution is -2.27. The van der Waals surface area contributed by atoms with Crippen LogP contribution in [0.3, 0.4) is 0 Å². The molecule has 3 rings (SSSR count). The number of nitrogens with zero attached hydrogens (tertiary/aromatic N) is 2. The van der Waals surface area contributed by atoms with E-state index >= 15 is 0 Å². The summed E-state index contributed by atoms with van der Waals surface area (Å²) in [6.07, 6.45) is 3.27. The number of imidazole rings is 1. The number of halogens is 2. The summed E-state index contributed by atoms with van der Waals surface area (Å²) in [6.45, 7) is 1.79. The fourth-order valence-corrected chi connectivity index (χ4v) is 2.30. The Morgan fingerprint density at radius 3 is 3.04 bits per heavy atom. The zero-order valence-corrected chi connectivity index (χ0v) is 13.9. The van der Waals surface area contributed by atoms with E-state index in [1.54, 1.807) is 19.3 Å². The molecule has 0 saturated heterocycles. The third-order valence-corrected chi connectivity index (χ3v) is 3.63. The van der Waals surface area contributed by atoms with Gasteiger partial charge in [0.2, 0.25) is 0 Å². The molecule has 1 aromatic carbocycles. The molecule has 3 aromatic rings. The molecule has 0 aliphatic rings. The maximum absolute atomic E-state index is 13.0. The van der Waals surface area contributed by atoms with Crippen LogP contribution in [-0.4, -0.2) is 21.0 Å². The number of H-pyrrole nitrogens is 1. The summed E-state index contributed by atoms with van der Waals surface area (Å²) in [5, 5.41) is 6.59. The number of hydrogen-bond acceptors (Lipinski definition) is 5. The number of hydrogen-bond donors (Lipinski definition) is 2. The Hall–Kier alpha value is -2.87. The third kappa shape index (κ3) is 4.16. The largest absolute Gasteiger partial charge is 0.484 e. The standard InChI is InChI=1S/C16H14ClFN4O3/c1-9(15-19-4-5-20-15)21-16(23)13-7-11(25-22-13)8-24-14-3-2-10(18)6-12(14)17/h2-7,9H,8H2,1H3,(H,19,20)(H,21,23). The summed E-state index contributed by atoms with van der Waals surface area (Å²) in [5.74, 6) is 0.403. The number of ether oxygens (including phenoxy) is 1. The highest BCUT2D eigenvalue weighted by Gasteiger charge is 2.17. The van der Waals surface area contributed by atoms with E-state index in [2.05, 4.69) is 20.4 Å². The van der Waals surface area contributed by atoms with Crippen molar-refractivity contribution in [1.29, 1.82) is 0 Å². The van der Waals surface area contributed by atoms with E-state index in [0.717, 1.165) is 6.07 Å². The summed E-state index contributed by atoms with van der Waals surface area (Å²) in [5.41, 5.74) is 0.113. The van der Waals surface area contributed by atoms with Gasteiger partial charge in [-0.05, 0) is 25.1 Å². The van der Waals surface area contributed by atoms with Crippen molar-refractivity contribution in [1.82, 2.24) is 20.4 Å². The maximum Gasteiger partial charge on any atom is 0.274 e. The Morgan fingerprint density at radius 2 is 2.32 bits per heavy atom. The number of aromatic amines is 1. The molecule has 0 fully saturated rings. The second-order valence-corrected chi connectivity index (χ2v) is 5.62. The zero-order valence-electron chi connectivity index (χ0n) is 13.1. The molecule has 0 saturated carbocycles. The van der Waals surface area contributed by atoms with Gasteiger partial charge in [-0.1, -0.05) is 16.8 Å². The number of carbonyl (C=O) groups excluding carboxylic acids is 1. The SMILES string of the molecule is CC(NC(=O)c1cc(COc2ccc(F)cc2Cl)on1)c1ncc[nH]1. The highest BCUT2D eigenvalue weighted by Crippen LogP contribution is 2.25. The fraction of sp³-hybridized carbons (Fsp3) is 0.188. The van der Waals surface area contributed by atoms with Crippen molar-refractivity contribution in [3.05, 3.63) is 64.8 Å². The first-order valence-corrected chi connectivity index (χ1v) is 7.74. The quantitative estimate of drug-likeness (QED) is 0.700. The van der Waals surface area contributed by atoms with Gasteiger partial charge in [0.1, 0.15) is 24.0 Å². The lowest BCUT2D eigenvalue weighted by Gasteiger charge is -2.09. The number of amides is 1. The Labute approximate surface area is 147 Å². The Morgan fingerprint density at radius 1 is 1.48 bits per heavy atom. The van der Waals surface area contributed by atoms with E-state index < -0.39 is 11.7 Å². The average Bonchev–Trinajstić information content (AvgIpc) is 3.26. The molecule has 2 heterocycles. The molecule has 0 bridgehead atoms. The van der Waals surface area contributed by atoms with Gasteiger partial charge in [0.15, 0.2) is 11.5 Å². The van der Waals surface area contributed by atoms with Crippen molar-refractivity contribution in [2.45, 2.75) is 19.6 Å². The van der Waals surface area contributed by atoms with E-state index in [0.29, 0.717) is 17.3 Å². The monoisotopic (exact) mass is 364 g/mol. The normalized spacial score (nSPS) is 12.0. The van der Waals surface area contributed by atoms with Crippen LogP contribution in [0.15, 0.2) is 41.2 Å². The Bertz CT molecular complexity index is 866. The van der Waals surface area contributed by atoms with Crippen LogP contribution in [0.5, 0.6) is 5.75 Å². The lowest BCUT2D eigenvalue weighted by molar-refractivity contribution is 0.0929. The van der Waals surface area contributed by atoms with Gasteiger partial charge in [-0.15, -0.1) is 0 Å². The zero-order chi connectivity index (χ0) is 17.8. The predicted octanol–water partition coefficient (Wildman–Crippen LogP) is 3.26. The molecule has 1 amide bonds. The van der Waals surface area contributed by atoms with Crippen LogP contribution in [0, 0.1) is 5.82 Å². The van der Waals surface area contributed by atoms with E-state index in [1.807, 2.05) is 0 Å². The summed E-state index contributed by atoms with van der Waals surface area (Å²) in [4.78, 5) is 19.1. The highest BCUT2D eigenvalue weighted by molar-refractivity contribution is 6.32. The molecule has 0 aliphatic heterocycles. The van der Waals surface area contributed by atoms with Crippen LogP contribution >= 0.6 is 11.6 Å². The van der Waals surface area contributed by atoms with Gasteiger partial charge in [0.05, 0.1) is 11.1 Å². The van der Waals surface area contributed by atoms with Gasteiger partial charge >= 0.3 is 0 Å². The van der Waals surface area contributed by atoms with Crippen molar-refractivity contribution in [3.8, 4) is 5.75 Å². The van der Waals surface area contributed by atoms with E-state index in [4.69, 9.17) is 20.9 Å². The molecule has 7 nitrogen and oxygen atoms in total. The molecule has 9 heteroatoms. The maximum atomic E-state index is 13.0. The van der Waals surface area contributed by atoms with E-state index in [1.165, 1.54) is 18.2 Å². The summed E-state index contributed by atoms with van der Waals surface area (Å²) >= 11 is 5.87. The first-order chi connectivity index (χ1) is 12.0. The first-order valence-electron chi connectivity index (χ1n) is 7.36. The molecular formula is C16H14ClFN4O3. The molecular weight excluding hydrogens is 351 g/mol. The topological polar surface area (TPSA) is 93.0 Å². The molecule has 0 spiro atoms. The van der Waals surface area contributed by atoms with Crippen LogP contribution < -0.4 is 10.1 Å². The van der Waals surface area contributed by atoms with Crippen molar-refractivity contribution in [2.75, 3.05) is 0 Å².